The summed E-state index contributed by atoms with van der Waals surface area (Å²) in [7, 11) is 0. The van der Waals surface area contributed by atoms with Crippen LogP contribution in [0.4, 0.5) is 11.4 Å². The van der Waals surface area contributed by atoms with E-state index in [0.717, 1.165) is 6.08 Å². The number of rotatable bonds is 6. The first-order valence-electron chi connectivity index (χ1n) is 8.12. The van der Waals surface area contributed by atoms with Crippen LogP contribution in [0.25, 0.3) is 0 Å². The van der Waals surface area contributed by atoms with E-state index in [0.29, 0.717) is 15.7 Å². The Morgan fingerprint density at radius 1 is 0.964 bits per heavy atom. The van der Waals surface area contributed by atoms with Gasteiger partial charge in [0.05, 0.1) is 11.3 Å². The van der Waals surface area contributed by atoms with E-state index in [4.69, 9.17) is 0 Å². The molecular formula is C20H17BrN2O5. The number of ketones is 1. The van der Waals surface area contributed by atoms with E-state index in [2.05, 4.69) is 26.6 Å². The summed E-state index contributed by atoms with van der Waals surface area (Å²) in [6, 6.07) is 10.8. The number of Topliss-reactive ketones (excluding diaryl/α,β-unsaturated/α-hetero) is 1. The van der Waals surface area contributed by atoms with Crippen LogP contribution < -0.4 is 10.6 Å². The summed E-state index contributed by atoms with van der Waals surface area (Å²) in [6.07, 6.45) is 1.10. The molecule has 3 N–H and O–H groups in total. The Bertz CT molecular complexity index is 981. The Balaban J connectivity index is 2.08. The van der Waals surface area contributed by atoms with Crippen molar-refractivity contribution in [2.75, 3.05) is 10.6 Å². The molecule has 0 aliphatic heterocycles. The topological polar surface area (TPSA) is 113 Å². The van der Waals surface area contributed by atoms with Crippen LogP contribution in [-0.2, 0) is 9.59 Å². The SMILES string of the molecule is CC(=O)c1ccc(NC(=O)/C=C(/C)C(=O)Nc2ccc(Br)cc2C(=O)O)cc1. The van der Waals surface area contributed by atoms with Gasteiger partial charge in [-0.2, -0.15) is 0 Å². The Kier molecular flexibility index (Phi) is 6.84. The molecule has 0 aromatic heterocycles. The highest BCUT2D eigenvalue weighted by atomic mass is 79.9. The number of nitrogens with one attached hydrogen (secondary N) is 2. The van der Waals surface area contributed by atoms with Gasteiger partial charge in [0, 0.05) is 27.4 Å². The minimum Gasteiger partial charge on any atom is -0.478 e. The van der Waals surface area contributed by atoms with Crippen LogP contribution in [0.1, 0.15) is 34.6 Å². The molecule has 0 aliphatic carbocycles. The maximum atomic E-state index is 12.3. The summed E-state index contributed by atoms with van der Waals surface area (Å²) in [5, 5.41) is 14.3. The Hall–Kier alpha value is -3.26. The predicted octanol–water partition coefficient (Wildman–Crippen LogP) is 3.87. The van der Waals surface area contributed by atoms with Crippen LogP contribution in [0.5, 0.6) is 0 Å². The fourth-order valence-corrected chi connectivity index (χ4v) is 2.61. The second-order valence-corrected chi connectivity index (χ2v) is 6.81. The van der Waals surface area contributed by atoms with Gasteiger partial charge in [-0.1, -0.05) is 15.9 Å². The molecule has 0 radical (unpaired) electrons. The molecule has 7 nitrogen and oxygen atoms in total. The first-order chi connectivity index (χ1) is 13.2. The monoisotopic (exact) mass is 444 g/mol. The van der Waals surface area contributed by atoms with Crippen LogP contribution in [0, 0.1) is 0 Å². The lowest BCUT2D eigenvalue weighted by atomic mass is 10.1. The fraction of sp³-hybridized carbons (Fsp3) is 0.100. The predicted molar refractivity (Wildman–Crippen MR) is 109 cm³/mol. The first kappa shape index (κ1) is 21.0. The second kappa shape index (κ2) is 9.09. The molecule has 0 spiro atoms. The number of carboxylic acid groups (broad SMARTS) is 1. The summed E-state index contributed by atoms with van der Waals surface area (Å²) in [4.78, 5) is 46.9. The zero-order chi connectivity index (χ0) is 20.8. The van der Waals surface area contributed by atoms with Crippen LogP contribution in [0.2, 0.25) is 0 Å². The van der Waals surface area contributed by atoms with Crippen molar-refractivity contribution >= 4 is 50.9 Å². The maximum Gasteiger partial charge on any atom is 0.337 e. The van der Waals surface area contributed by atoms with E-state index in [1.807, 2.05) is 0 Å². The molecule has 0 unspecified atom stereocenters. The molecule has 0 fully saturated rings. The van der Waals surface area contributed by atoms with E-state index in [-0.39, 0.29) is 22.6 Å². The van der Waals surface area contributed by atoms with Gasteiger partial charge in [0.15, 0.2) is 5.78 Å². The molecule has 2 aromatic rings. The van der Waals surface area contributed by atoms with Crippen LogP contribution in [-0.4, -0.2) is 28.7 Å². The molecular weight excluding hydrogens is 428 g/mol. The lowest BCUT2D eigenvalue weighted by Gasteiger charge is -2.09. The summed E-state index contributed by atoms with van der Waals surface area (Å²) in [6.45, 7) is 2.88. The normalized spacial score (nSPS) is 10.9. The number of aromatic carboxylic acids is 1. The lowest BCUT2D eigenvalue weighted by molar-refractivity contribution is -0.114. The molecule has 2 rings (SSSR count). The Labute approximate surface area is 169 Å². The fourth-order valence-electron chi connectivity index (χ4n) is 2.25. The van der Waals surface area contributed by atoms with E-state index < -0.39 is 17.8 Å². The highest BCUT2D eigenvalue weighted by molar-refractivity contribution is 9.10. The number of carbonyl (C=O) groups is 4. The number of halogens is 1. The van der Waals surface area contributed by atoms with Crippen LogP contribution >= 0.6 is 15.9 Å². The van der Waals surface area contributed by atoms with Gasteiger partial charge >= 0.3 is 5.97 Å². The molecule has 0 saturated heterocycles. The molecule has 0 bridgehead atoms. The third-order valence-electron chi connectivity index (χ3n) is 3.72. The summed E-state index contributed by atoms with van der Waals surface area (Å²) >= 11 is 3.18. The van der Waals surface area contributed by atoms with E-state index >= 15 is 0 Å². The Morgan fingerprint density at radius 2 is 1.61 bits per heavy atom. The molecule has 2 amide bonds. The van der Waals surface area contributed by atoms with Gasteiger partial charge in [-0.3, -0.25) is 14.4 Å². The van der Waals surface area contributed by atoms with Gasteiger partial charge in [-0.05, 0) is 56.3 Å². The average Bonchev–Trinajstić information content (AvgIpc) is 2.63. The number of amides is 2. The molecule has 144 valence electrons. The maximum absolute atomic E-state index is 12.3. The summed E-state index contributed by atoms with van der Waals surface area (Å²) < 4.78 is 0.560. The summed E-state index contributed by atoms with van der Waals surface area (Å²) in [5.74, 6) is -2.41. The smallest absolute Gasteiger partial charge is 0.337 e. The number of carbonyl (C=O) groups excluding carboxylic acids is 3. The number of hydrogen-bond acceptors (Lipinski definition) is 4. The van der Waals surface area contributed by atoms with Crippen molar-refractivity contribution < 1.29 is 24.3 Å². The second-order valence-electron chi connectivity index (χ2n) is 5.90. The van der Waals surface area contributed by atoms with Gasteiger partial charge in [0.25, 0.3) is 5.91 Å². The van der Waals surface area contributed by atoms with Crippen molar-refractivity contribution in [1.29, 1.82) is 0 Å². The highest BCUT2D eigenvalue weighted by Gasteiger charge is 2.14. The first-order valence-corrected chi connectivity index (χ1v) is 8.91. The zero-order valence-electron chi connectivity index (χ0n) is 15.1. The van der Waals surface area contributed by atoms with Gasteiger partial charge in [-0.15, -0.1) is 0 Å². The van der Waals surface area contributed by atoms with Crippen molar-refractivity contribution in [2.45, 2.75) is 13.8 Å². The number of hydrogen-bond donors (Lipinski definition) is 3. The van der Waals surface area contributed by atoms with E-state index in [1.54, 1.807) is 30.3 Å². The number of anilines is 2. The minimum absolute atomic E-state index is 0.0782. The van der Waals surface area contributed by atoms with Crippen molar-refractivity contribution in [3.63, 3.8) is 0 Å². The van der Waals surface area contributed by atoms with E-state index in [1.165, 1.54) is 26.0 Å². The van der Waals surface area contributed by atoms with Crippen LogP contribution in [0.15, 0.2) is 58.6 Å². The van der Waals surface area contributed by atoms with Crippen LogP contribution in [0.3, 0.4) is 0 Å². The van der Waals surface area contributed by atoms with Crippen molar-refractivity contribution in [3.05, 3.63) is 69.7 Å². The minimum atomic E-state index is -1.19. The molecule has 0 heterocycles. The van der Waals surface area contributed by atoms with Crippen molar-refractivity contribution in [3.8, 4) is 0 Å². The zero-order valence-corrected chi connectivity index (χ0v) is 16.7. The third-order valence-corrected chi connectivity index (χ3v) is 4.22. The molecule has 0 aliphatic rings. The lowest BCUT2D eigenvalue weighted by Crippen LogP contribution is -2.18. The van der Waals surface area contributed by atoms with Gasteiger partial charge < -0.3 is 15.7 Å². The molecule has 0 atom stereocenters. The number of carboxylic acids is 1. The molecule has 28 heavy (non-hydrogen) atoms. The van der Waals surface area contributed by atoms with Gasteiger partial charge in [0.2, 0.25) is 5.91 Å². The molecule has 0 saturated carbocycles. The summed E-state index contributed by atoms with van der Waals surface area (Å²) in [5.41, 5.74) is 1.13. The quantitative estimate of drug-likeness (QED) is 0.462. The third kappa shape index (κ3) is 5.62. The van der Waals surface area contributed by atoms with E-state index in [9.17, 15) is 24.3 Å². The van der Waals surface area contributed by atoms with Crippen molar-refractivity contribution in [2.24, 2.45) is 0 Å². The molecule has 2 aromatic carbocycles. The molecule has 8 heteroatoms. The standard InChI is InChI=1S/C20H17BrN2O5/c1-11(9-18(25)22-15-6-3-13(4-7-15)12(2)24)19(26)23-17-8-5-14(21)10-16(17)20(27)28/h3-10H,1-2H3,(H,22,25)(H,23,26)(H,27,28)/b11-9-. The number of benzene rings is 2. The highest BCUT2D eigenvalue weighted by Crippen LogP contribution is 2.21. The van der Waals surface area contributed by atoms with Gasteiger partial charge in [0.1, 0.15) is 0 Å². The van der Waals surface area contributed by atoms with Crippen molar-refractivity contribution in [1.82, 2.24) is 0 Å². The largest absolute Gasteiger partial charge is 0.478 e. The van der Waals surface area contributed by atoms with Gasteiger partial charge in [-0.25, -0.2) is 4.79 Å². The Morgan fingerprint density at radius 3 is 2.18 bits per heavy atom. The average molecular weight is 445 g/mol.